The number of hydrogen-bond acceptors (Lipinski definition) is 5. The summed E-state index contributed by atoms with van der Waals surface area (Å²) in [6.45, 7) is -0.538. The van der Waals surface area contributed by atoms with Gasteiger partial charge in [-0.05, 0) is 24.4 Å². The third-order valence-corrected chi connectivity index (χ3v) is 1.64. The molecule has 1 aromatic carbocycles. The number of nitrogens with zero attached hydrogens (tertiary/aromatic N) is 1. The number of benzene rings is 1. The number of hydrogen-bond donors (Lipinski definition) is 3. The van der Waals surface area contributed by atoms with Crippen molar-refractivity contribution in [3.63, 3.8) is 0 Å². The van der Waals surface area contributed by atoms with Gasteiger partial charge in [0, 0.05) is 0 Å². The third kappa shape index (κ3) is 9.17. The lowest BCUT2D eigenvalue weighted by Gasteiger charge is -1.95. The number of aliphatic carboxylic acids is 1. The number of aliphatic imine (C=N–C) groups is 1. The summed E-state index contributed by atoms with van der Waals surface area (Å²) in [5, 5.41) is 12.4. The molecule has 0 fully saturated rings. The molecule has 0 bridgehead atoms. The maximum atomic E-state index is 10.2. The monoisotopic (exact) mass is 267 g/mol. The van der Waals surface area contributed by atoms with Gasteiger partial charge in [-0.25, -0.2) is 0 Å². The standard InChI is InChI=1S/C7H5NS.C4H8N2O3/c9-6-8-7-4-2-1-3-5-7;5-1-3(7)6-2-4(8)9/h1-5H;1-2,5H2,(H,6,7)(H,8,9). The Morgan fingerprint density at radius 1 is 1.39 bits per heavy atom. The van der Waals surface area contributed by atoms with Crippen LogP contribution in [0.4, 0.5) is 5.69 Å². The Bertz CT molecular complexity index is 430. The van der Waals surface area contributed by atoms with E-state index in [-0.39, 0.29) is 13.1 Å². The fraction of sp³-hybridized carbons (Fsp3) is 0.182. The van der Waals surface area contributed by atoms with E-state index >= 15 is 0 Å². The molecule has 0 atom stereocenters. The topological polar surface area (TPSA) is 105 Å². The minimum absolute atomic E-state index is 0.173. The molecule has 7 heteroatoms. The molecule has 0 heterocycles. The predicted molar refractivity (Wildman–Crippen MR) is 70.8 cm³/mol. The van der Waals surface area contributed by atoms with Crippen LogP contribution in [0, 0.1) is 0 Å². The van der Waals surface area contributed by atoms with Crippen LogP contribution in [0.1, 0.15) is 0 Å². The first-order valence-electron chi connectivity index (χ1n) is 4.91. The smallest absolute Gasteiger partial charge is 0.322 e. The highest BCUT2D eigenvalue weighted by Crippen LogP contribution is 2.07. The molecule has 0 unspecified atom stereocenters. The maximum Gasteiger partial charge on any atom is 0.322 e. The number of nitrogens with two attached hydrogens (primary N) is 1. The fourth-order valence-electron chi connectivity index (χ4n) is 0.802. The zero-order valence-electron chi connectivity index (χ0n) is 9.50. The van der Waals surface area contributed by atoms with Crippen LogP contribution < -0.4 is 11.1 Å². The van der Waals surface area contributed by atoms with E-state index in [1.54, 1.807) is 0 Å². The van der Waals surface area contributed by atoms with Gasteiger partial charge in [-0.2, -0.15) is 4.99 Å². The summed E-state index contributed by atoms with van der Waals surface area (Å²) >= 11 is 4.42. The number of nitrogens with one attached hydrogen (secondary N) is 1. The summed E-state index contributed by atoms with van der Waals surface area (Å²) in [5.74, 6) is -1.53. The first-order chi connectivity index (χ1) is 8.60. The molecule has 0 radical (unpaired) electrons. The minimum Gasteiger partial charge on any atom is -0.480 e. The summed E-state index contributed by atoms with van der Waals surface area (Å²) in [4.78, 5) is 23.8. The summed E-state index contributed by atoms with van der Waals surface area (Å²) in [7, 11) is 0. The molecule has 0 saturated carbocycles. The second kappa shape index (κ2) is 10.1. The summed E-state index contributed by atoms with van der Waals surface area (Å²) < 4.78 is 0. The number of para-hydroxylation sites is 1. The van der Waals surface area contributed by atoms with Gasteiger partial charge in [0.15, 0.2) is 0 Å². The zero-order chi connectivity index (χ0) is 13.8. The van der Waals surface area contributed by atoms with E-state index in [1.165, 1.54) is 0 Å². The fourth-order valence-corrected chi connectivity index (χ4v) is 0.907. The van der Waals surface area contributed by atoms with Crippen molar-refractivity contribution >= 4 is 34.9 Å². The highest BCUT2D eigenvalue weighted by molar-refractivity contribution is 7.78. The van der Waals surface area contributed by atoms with Crippen molar-refractivity contribution < 1.29 is 14.7 Å². The summed E-state index contributed by atoms with van der Waals surface area (Å²) in [6, 6.07) is 9.50. The van der Waals surface area contributed by atoms with Crippen molar-refractivity contribution in [3.8, 4) is 0 Å². The van der Waals surface area contributed by atoms with Gasteiger partial charge in [0.05, 0.1) is 17.4 Å². The summed E-state index contributed by atoms with van der Waals surface area (Å²) in [5.41, 5.74) is 5.71. The Morgan fingerprint density at radius 2 is 2.00 bits per heavy atom. The molecule has 1 aromatic rings. The molecule has 1 amide bonds. The van der Waals surface area contributed by atoms with Gasteiger partial charge in [0.25, 0.3) is 0 Å². The van der Waals surface area contributed by atoms with Gasteiger partial charge in [-0.15, -0.1) is 0 Å². The number of thiocarbonyl (C=S) groups is 1. The lowest BCUT2D eigenvalue weighted by molar-refractivity contribution is -0.137. The molecule has 0 aliphatic rings. The van der Waals surface area contributed by atoms with Gasteiger partial charge < -0.3 is 16.2 Å². The van der Waals surface area contributed by atoms with Crippen LogP contribution in [-0.2, 0) is 9.59 Å². The molecule has 6 nitrogen and oxygen atoms in total. The van der Waals surface area contributed by atoms with Crippen LogP contribution in [0.3, 0.4) is 0 Å². The molecule has 0 aliphatic heterocycles. The van der Waals surface area contributed by atoms with Gasteiger partial charge in [-0.3, -0.25) is 9.59 Å². The number of isothiocyanates is 1. The second-order valence-electron chi connectivity index (χ2n) is 2.91. The molecule has 96 valence electrons. The van der Waals surface area contributed by atoms with Crippen LogP contribution in [0.2, 0.25) is 0 Å². The van der Waals surface area contributed by atoms with Gasteiger partial charge in [-0.1, -0.05) is 18.2 Å². The van der Waals surface area contributed by atoms with Crippen molar-refractivity contribution in [1.82, 2.24) is 5.32 Å². The Morgan fingerprint density at radius 3 is 2.44 bits per heavy atom. The Kier molecular flexibility index (Phi) is 8.93. The van der Waals surface area contributed by atoms with Crippen molar-refractivity contribution in [2.24, 2.45) is 10.7 Å². The SMILES string of the molecule is NCC(=O)NCC(=O)O.S=C=Nc1ccccc1. The molecule has 18 heavy (non-hydrogen) atoms. The molecular weight excluding hydrogens is 254 g/mol. The van der Waals surface area contributed by atoms with E-state index < -0.39 is 11.9 Å². The normalized spacial score (nSPS) is 8.28. The number of carbonyl (C=O) groups excluding carboxylic acids is 1. The largest absolute Gasteiger partial charge is 0.480 e. The highest BCUT2D eigenvalue weighted by Gasteiger charge is 1.98. The molecular formula is C11H13N3O3S. The predicted octanol–water partition coefficient (Wildman–Crippen LogP) is 0.567. The van der Waals surface area contributed by atoms with E-state index in [4.69, 9.17) is 10.8 Å². The van der Waals surface area contributed by atoms with Crippen molar-refractivity contribution in [1.29, 1.82) is 0 Å². The van der Waals surface area contributed by atoms with Crippen LogP contribution in [0.25, 0.3) is 0 Å². The van der Waals surface area contributed by atoms with Gasteiger partial charge in [0.1, 0.15) is 6.54 Å². The van der Waals surface area contributed by atoms with Crippen molar-refractivity contribution in [2.45, 2.75) is 0 Å². The van der Waals surface area contributed by atoms with Crippen LogP contribution in [-0.4, -0.2) is 35.2 Å². The highest BCUT2D eigenvalue weighted by atomic mass is 32.1. The average molecular weight is 267 g/mol. The van der Waals surface area contributed by atoms with E-state index in [0.29, 0.717) is 0 Å². The lowest BCUT2D eigenvalue weighted by Crippen LogP contribution is -2.34. The second-order valence-corrected chi connectivity index (χ2v) is 3.10. The van der Waals surface area contributed by atoms with E-state index in [9.17, 15) is 9.59 Å². The van der Waals surface area contributed by atoms with Crippen LogP contribution in [0.5, 0.6) is 0 Å². The van der Waals surface area contributed by atoms with E-state index in [0.717, 1.165) is 5.69 Å². The van der Waals surface area contributed by atoms with E-state index in [1.807, 2.05) is 30.3 Å². The molecule has 1 rings (SSSR count). The number of rotatable bonds is 4. The molecule has 0 spiro atoms. The zero-order valence-corrected chi connectivity index (χ0v) is 10.3. The van der Waals surface area contributed by atoms with Gasteiger partial charge >= 0.3 is 5.97 Å². The van der Waals surface area contributed by atoms with Gasteiger partial charge in [0.2, 0.25) is 5.91 Å². The van der Waals surface area contributed by atoms with E-state index in [2.05, 4.69) is 27.7 Å². The first kappa shape index (κ1) is 15.9. The number of carboxylic acid groups (broad SMARTS) is 1. The quantitative estimate of drug-likeness (QED) is 0.546. The minimum atomic E-state index is -1.07. The molecule has 4 N–H and O–H groups in total. The average Bonchev–Trinajstić information content (AvgIpc) is 2.38. The Balaban J connectivity index is 0.000000321. The summed E-state index contributed by atoms with van der Waals surface area (Å²) in [6.07, 6.45) is 0. The van der Waals surface area contributed by atoms with Crippen LogP contribution >= 0.6 is 12.2 Å². The van der Waals surface area contributed by atoms with Crippen molar-refractivity contribution in [3.05, 3.63) is 30.3 Å². The number of amides is 1. The number of carboxylic acids is 1. The molecule has 0 aliphatic carbocycles. The Labute approximate surface area is 110 Å². The molecule has 0 saturated heterocycles. The van der Waals surface area contributed by atoms with Crippen LogP contribution in [0.15, 0.2) is 35.3 Å². The third-order valence-electron chi connectivity index (χ3n) is 1.55. The maximum absolute atomic E-state index is 10.2. The molecule has 0 aromatic heterocycles. The van der Waals surface area contributed by atoms with Crippen molar-refractivity contribution in [2.75, 3.05) is 13.1 Å². The first-order valence-corrected chi connectivity index (χ1v) is 5.32. The Hall–Kier alpha value is -2.08. The number of carbonyl (C=O) groups is 2. The lowest BCUT2D eigenvalue weighted by atomic mass is 10.3.